The molecule has 0 unspecified atom stereocenters. The molecule has 0 N–H and O–H groups in total. The predicted molar refractivity (Wildman–Crippen MR) is 98.7 cm³/mol. The van der Waals surface area contributed by atoms with E-state index < -0.39 is 0 Å². The van der Waals surface area contributed by atoms with Crippen LogP contribution in [-0.2, 0) is 0 Å². The predicted octanol–water partition coefficient (Wildman–Crippen LogP) is 4.74. The Morgan fingerprint density at radius 2 is 1.79 bits per heavy atom. The largest absolute Gasteiger partial charge is 0.369 e. The van der Waals surface area contributed by atoms with Gasteiger partial charge in [0.05, 0.1) is 0 Å². The van der Waals surface area contributed by atoms with Crippen LogP contribution in [0.15, 0.2) is 36.4 Å². The van der Waals surface area contributed by atoms with Gasteiger partial charge in [-0.05, 0) is 59.7 Å². The van der Waals surface area contributed by atoms with Crippen molar-refractivity contribution < 1.29 is 9.18 Å². The summed E-state index contributed by atoms with van der Waals surface area (Å²) >= 11 is 1.96. The number of aldehydes is 1. The topological polar surface area (TPSA) is 20.3 Å². The molecule has 0 amide bonds. The van der Waals surface area contributed by atoms with E-state index in [0.717, 1.165) is 53.3 Å². The number of carbonyl (C=O) groups excluding carboxylic acids is 1. The van der Waals surface area contributed by atoms with Gasteiger partial charge in [-0.15, -0.1) is 0 Å². The van der Waals surface area contributed by atoms with Crippen molar-refractivity contribution in [1.29, 1.82) is 0 Å². The molecular weight excluding hydrogens is 321 g/mol. The molecule has 2 nitrogen and oxygen atoms in total. The highest BCUT2D eigenvalue weighted by Crippen LogP contribution is 2.46. The SMILES string of the molecule is O=Cc1cc(C2CC2)c(-c2ccc(F)cc2)cc1N1CCSCC1. The molecule has 4 rings (SSSR count). The molecule has 1 heterocycles. The fourth-order valence-corrected chi connectivity index (χ4v) is 4.31. The second-order valence-corrected chi connectivity index (χ2v) is 7.72. The zero-order valence-electron chi connectivity index (χ0n) is 13.5. The van der Waals surface area contributed by atoms with Gasteiger partial charge in [0.2, 0.25) is 0 Å². The van der Waals surface area contributed by atoms with Crippen molar-refractivity contribution in [2.45, 2.75) is 18.8 Å². The number of benzene rings is 2. The Balaban J connectivity index is 1.83. The fourth-order valence-electron chi connectivity index (χ4n) is 3.41. The van der Waals surface area contributed by atoms with Gasteiger partial charge in [-0.1, -0.05) is 12.1 Å². The lowest BCUT2D eigenvalue weighted by Gasteiger charge is -2.30. The molecular formula is C20H20FNOS. The minimum atomic E-state index is -0.218. The third kappa shape index (κ3) is 3.07. The highest BCUT2D eigenvalue weighted by molar-refractivity contribution is 7.99. The molecule has 0 radical (unpaired) electrons. The summed E-state index contributed by atoms with van der Waals surface area (Å²) in [6, 6.07) is 10.9. The summed E-state index contributed by atoms with van der Waals surface area (Å²) in [4.78, 5) is 14.0. The molecule has 124 valence electrons. The fraction of sp³-hybridized carbons (Fsp3) is 0.350. The Hall–Kier alpha value is -1.81. The zero-order chi connectivity index (χ0) is 16.5. The molecule has 2 aromatic carbocycles. The van der Waals surface area contributed by atoms with Crippen molar-refractivity contribution in [2.24, 2.45) is 0 Å². The Morgan fingerprint density at radius 3 is 2.42 bits per heavy atom. The van der Waals surface area contributed by atoms with Crippen LogP contribution in [0.5, 0.6) is 0 Å². The average Bonchev–Trinajstić information content (AvgIpc) is 3.47. The quantitative estimate of drug-likeness (QED) is 0.750. The highest BCUT2D eigenvalue weighted by Gasteiger charge is 2.28. The maximum atomic E-state index is 13.3. The molecule has 2 aromatic rings. The number of carbonyl (C=O) groups is 1. The zero-order valence-corrected chi connectivity index (χ0v) is 14.3. The third-order valence-corrected chi connectivity index (χ3v) is 5.79. The van der Waals surface area contributed by atoms with Gasteiger partial charge < -0.3 is 4.90 Å². The van der Waals surface area contributed by atoms with E-state index in [1.807, 2.05) is 23.9 Å². The summed E-state index contributed by atoms with van der Waals surface area (Å²) in [5.74, 6) is 2.50. The molecule has 1 aliphatic heterocycles. The highest BCUT2D eigenvalue weighted by atomic mass is 32.2. The number of rotatable bonds is 4. The van der Waals surface area contributed by atoms with E-state index in [0.29, 0.717) is 5.92 Å². The summed E-state index contributed by atoms with van der Waals surface area (Å²) < 4.78 is 13.3. The van der Waals surface area contributed by atoms with Crippen molar-refractivity contribution in [3.8, 4) is 11.1 Å². The molecule has 0 spiro atoms. The lowest BCUT2D eigenvalue weighted by Crippen LogP contribution is -2.33. The molecule has 1 saturated carbocycles. The summed E-state index contributed by atoms with van der Waals surface area (Å²) in [6.45, 7) is 1.94. The van der Waals surface area contributed by atoms with Crippen molar-refractivity contribution in [3.05, 3.63) is 53.3 Å². The van der Waals surface area contributed by atoms with Crippen LogP contribution in [0.4, 0.5) is 10.1 Å². The molecule has 4 heteroatoms. The Labute approximate surface area is 146 Å². The van der Waals surface area contributed by atoms with Gasteiger partial charge in [-0.25, -0.2) is 4.39 Å². The summed E-state index contributed by atoms with van der Waals surface area (Å²) in [6.07, 6.45) is 3.33. The number of thioether (sulfide) groups is 1. The van der Waals surface area contributed by atoms with Crippen LogP contribution >= 0.6 is 11.8 Å². The number of anilines is 1. The van der Waals surface area contributed by atoms with E-state index in [9.17, 15) is 9.18 Å². The summed E-state index contributed by atoms with van der Waals surface area (Å²) in [5.41, 5.74) is 5.22. The van der Waals surface area contributed by atoms with Gasteiger partial charge in [0.25, 0.3) is 0 Å². The smallest absolute Gasteiger partial charge is 0.152 e. The van der Waals surface area contributed by atoms with Crippen LogP contribution in [-0.4, -0.2) is 30.9 Å². The minimum Gasteiger partial charge on any atom is -0.369 e. The van der Waals surface area contributed by atoms with E-state index in [1.54, 1.807) is 0 Å². The Bertz CT molecular complexity index is 749. The lowest BCUT2D eigenvalue weighted by atomic mass is 9.93. The average molecular weight is 341 g/mol. The van der Waals surface area contributed by atoms with Crippen LogP contribution < -0.4 is 4.90 Å². The van der Waals surface area contributed by atoms with Crippen LogP contribution in [0.1, 0.15) is 34.7 Å². The second kappa shape index (κ2) is 6.60. The van der Waals surface area contributed by atoms with Gasteiger partial charge in [-0.3, -0.25) is 4.79 Å². The van der Waals surface area contributed by atoms with E-state index in [4.69, 9.17) is 0 Å². The normalized spacial score (nSPS) is 17.8. The number of halogens is 1. The molecule has 0 atom stereocenters. The molecule has 24 heavy (non-hydrogen) atoms. The first-order chi connectivity index (χ1) is 11.8. The first kappa shape index (κ1) is 15.7. The van der Waals surface area contributed by atoms with Gasteiger partial charge in [0.15, 0.2) is 6.29 Å². The van der Waals surface area contributed by atoms with E-state index in [-0.39, 0.29) is 5.82 Å². The third-order valence-electron chi connectivity index (χ3n) is 4.85. The molecule has 0 aromatic heterocycles. The first-order valence-corrected chi connectivity index (χ1v) is 9.63. The summed E-state index contributed by atoms with van der Waals surface area (Å²) in [7, 11) is 0. The van der Waals surface area contributed by atoms with Crippen molar-refractivity contribution >= 4 is 23.7 Å². The van der Waals surface area contributed by atoms with Crippen LogP contribution in [0.25, 0.3) is 11.1 Å². The summed E-state index contributed by atoms with van der Waals surface area (Å²) in [5, 5.41) is 0. The van der Waals surface area contributed by atoms with Gasteiger partial charge in [-0.2, -0.15) is 11.8 Å². The van der Waals surface area contributed by atoms with Crippen molar-refractivity contribution in [1.82, 2.24) is 0 Å². The van der Waals surface area contributed by atoms with E-state index in [2.05, 4.69) is 17.0 Å². The standard InChI is InChI=1S/C20H20FNOS/c21-17-5-3-15(4-6-17)19-12-20(22-7-9-24-10-8-22)16(13-23)11-18(19)14-1-2-14/h3-6,11-14H,1-2,7-10H2. The van der Waals surface area contributed by atoms with Gasteiger partial charge in [0, 0.05) is 35.8 Å². The van der Waals surface area contributed by atoms with Crippen LogP contribution in [0.2, 0.25) is 0 Å². The van der Waals surface area contributed by atoms with Gasteiger partial charge >= 0.3 is 0 Å². The molecule has 2 fully saturated rings. The minimum absolute atomic E-state index is 0.218. The number of nitrogens with zero attached hydrogens (tertiary/aromatic N) is 1. The van der Waals surface area contributed by atoms with Gasteiger partial charge in [0.1, 0.15) is 5.82 Å². The van der Waals surface area contributed by atoms with Crippen LogP contribution in [0, 0.1) is 5.82 Å². The molecule has 2 aliphatic rings. The van der Waals surface area contributed by atoms with Crippen molar-refractivity contribution in [3.63, 3.8) is 0 Å². The maximum absolute atomic E-state index is 13.3. The second-order valence-electron chi connectivity index (χ2n) is 6.50. The van der Waals surface area contributed by atoms with E-state index in [1.165, 1.54) is 30.5 Å². The monoisotopic (exact) mass is 341 g/mol. The van der Waals surface area contributed by atoms with Crippen LogP contribution in [0.3, 0.4) is 0 Å². The number of hydrogen-bond donors (Lipinski definition) is 0. The Kier molecular flexibility index (Phi) is 4.31. The molecule has 1 aliphatic carbocycles. The first-order valence-electron chi connectivity index (χ1n) is 8.48. The van der Waals surface area contributed by atoms with E-state index >= 15 is 0 Å². The maximum Gasteiger partial charge on any atom is 0.152 e. The van der Waals surface area contributed by atoms with Crippen molar-refractivity contribution in [2.75, 3.05) is 29.5 Å². The Morgan fingerprint density at radius 1 is 1.08 bits per heavy atom. The molecule has 0 bridgehead atoms. The molecule has 1 saturated heterocycles. The lowest BCUT2D eigenvalue weighted by molar-refractivity contribution is 0.112. The number of hydrogen-bond acceptors (Lipinski definition) is 3.